The topological polar surface area (TPSA) is 42.0 Å². The van der Waals surface area contributed by atoms with E-state index in [4.69, 9.17) is 0 Å². The highest BCUT2D eigenvalue weighted by Gasteiger charge is 2.09. The van der Waals surface area contributed by atoms with Crippen LogP contribution >= 0.6 is 0 Å². The molecule has 1 heterocycles. The maximum Gasteiger partial charge on any atom is 0.253 e. The molecule has 3 rings (SSSR count). The molecular formula is C18H15FN2O. The highest BCUT2D eigenvalue weighted by Crippen LogP contribution is 2.15. The second kappa shape index (κ2) is 6.35. The number of amides is 1. The molecule has 0 aliphatic carbocycles. The van der Waals surface area contributed by atoms with Gasteiger partial charge in [0.15, 0.2) is 0 Å². The van der Waals surface area contributed by atoms with Crippen LogP contribution in [0.5, 0.6) is 0 Å². The number of para-hydroxylation sites is 1. The van der Waals surface area contributed by atoms with Crippen molar-refractivity contribution >= 4 is 16.8 Å². The fourth-order valence-electron chi connectivity index (χ4n) is 2.35. The Kier molecular flexibility index (Phi) is 4.10. The van der Waals surface area contributed by atoms with Crippen LogP contribution in [0.25, 0.3) is 10.9 Å². The van der Waals surface area contributed by atoms with Gasteiger partial charge in [-0.15, -0.1) is 0 Å². The van der Waals surface area contributed by atoms with Crippen LogP contribution in [0.4, 0.5) is 4.39 Å². The molecule has 110 valence electrons. The first-order chi connectivity index (χ1) is 10.7. The Hall–Kier alpha value is -2.75. The van der Waals surface area contributed by atoms with E-state index in [1.807, 2.05) is 24.3 Å². The summed E-state index contributed by atoms with van der Waals surface area (Å²) in [6, 6.07) is 15.6. The molecule has 0 unspecified atom stereocenters. The molecule has 0 radical (unpaired) electrons. The van der Waals surface area contributed by atoms with Crippen LogP contribution in [0.1, 0.15) is 15.9 Å². The summed E-state index contributed by atoms with van der Waals surface area (Å²) in [6.07, 6.45) is 2.34. The molecular weight excluding hydrogens is 279 g/mol. The van der Waals surface area contributed by atoms with Crippen LogP contribution in [0.2, 0.25) is 0 Å². The first-order valence-electron chi connectivity index (χ1n) is 7.10. The Morgan fingerprint density at radius 3 is 2.64 bits per heavy atom. The molecule has 1 N–H and O–H groups in total. The lowest BCUT2D eigenvalue weighted by Gasteiger charge is -2.07. The van der Waals surface area contributed by atoms with Gasteiger partial charge in [-0.3, -0.25) is 9.78 Å². The van der Waals surface area contributed by atoms with Gasteiger partial charge in [-0.05, 0) is 36.2 Å². The zero-order chi connectivity index (χ0) is 15.4. The predicted molar refractivity (Wildman–Crippen MR) is 84.2 cm³/mol. The van der Waals surface area contributed by atoms with E-state index in [0.717, 1.165) is 10.9 Å². The van der Waals surface area contributed by atoms with Crippen LogP contribution in [0, 0.1) is 5.82 Å². The summed E-state index contributed by atoms with van der Waals surface area (Å²) in [5, 5.41) is 3.82. The third-order valence-electron chi connectivity index (χ3n) is 3.49. The van der Waals surface area contributed by atoms with E-state index >= 15 is 0 Å². The van der Waals surface area contributed by atoms with Crippen molar-refractivity contribution in [3.05, 3.63) is 77.7 Å². The Morgan fingerprint density at radius 2 is 1.82 bits per heavy atom. The SMILES string of the molecule is O=C(NCCc1ccc(F)cc1)c1cccc2cccnc12. The summed E-state index contributed by atoms with van der Waals surface area (Å²) >= 11 is 0. The smallest absolute Gasteiger partial charge is 0.253 e. The summed E-state index contributed by atoms with van der Waals surface area (Å²) in [4.78, 5) is 16.6. The second-order valence-electron chi connectivity index (χ2n) is 5.01. The zero-order valence-corrected chi connectivity index (χ0v) is 11.9. The molecule has 0 fully saturated rings. The molecule has 0 atom stereocenters. The van der Waals surface area contributed by atoms with Crippen molar-refractivity contribution in [2.24, 2.45) is 0 Å². The molecule has 0 saturated heterocycles. The van der Waals surface area contributed by atoms with Crippen molar-refractivity contribution in [3.63, 3.8) is 0 Å². The molecule has 0 aliphatic rings. The van der Waals surface area contributed by atoms with Gasteiger partial charge in [0.05, 0.1) is 11.1 Å². The number of hydrogen-bond acceptors (Lipinski definition) is 2. The van der Waals surface area contributed by atoms with Gasteiger partial charge in [-0.1, -0.05) is 30.3 Å². The van der Waals surface area contributed by atoms with Gasteiger partial charge in [-0.25, -0.2) is 4.39 Å². The summed E-state index contributed by atoms with van der Waals surface area (Å²) in [6.45, 7) is 0.494. The molecule has 2 aromatic carbocycles. The Bertz CT molecular complexity index is 794. The normalized spacial score (nSPS) is 10.6. The van der Waals surface area contributed by atoms with Crippen LogP contribution in [0.3, 0.4) is 0 Å². The number of pyridine rings is 1. The predicted octanol–water partition coefficient (Wildman–Crippen LogP) is 3.35. The summed E-state index contributed by atoms with van der Waals surface area (Å²) in [7, 11) is 0. The minimum Gasteiger partial charge on any atom is -0.352 e. The van der Waals surface area contributed by atoms with Crippen LogP contribution in [0.15, 0.2) is 60.8 Å². The molecule has 4 heteroatoms. The molecule has 0 spiro atoms. The van der Waals surface area contributed by atoms with E-state index in [-0.39, 0.29) is 11.7 Å². The van der Waals surface area contributed by atoms with Gasteiger partial charge in [0.25, 0.3) is 5.91 Å². The first kappa shape index (κ1) is 14.2. The summed E-state index contributed by atoms with van der Waals surface area (Å²) in [5.74, 6) is -0.402. The number of halogens is 1. The van der Waals surface area contributed by atoms with Gasteiger partial charge in [0, 0.05) is 18.1 Å². The quantitative estimate of drug-likeness (QED) is 0.802. The molecule has 0 aliphatic heterocycles. The average molecular weight is 294 g/mol. The van der Waals surface area contributed by atoms with Crippen molar-refractivity contribution in [3.8, 4) is 0 Å². The molecule has 1 aromatic heterocycles. The molecule has 3 aromatic rings. The number of nitrogens with zero attached hydrogens (tertiary/aromatic N) is 1. The first-order valence-corrected chi connectivity index (χ1v) is 7.10. The number of benzene rings is 2. The van der Waals surface area contributed by atoms with E-state index in [1.54, 1.807) is 24.4 Å². The van der Waals surface area contributed by atoms with Gasteiger partial charge >= 0.3 is 0 Å². The van der Waals surface area contributed by atoms with Crippen LogP contribution in [-0.4, -0.2) is 17.4 Å². The number of aromatic nitrogens is 1. The van der Waals surface area contributed by atoms with Crippen molar-refractivity contribution in [1.82, 2.24) is 10.3 Å². The summed E-state index contributed by atoms with van der Waals surface area (Å²) in [5.41, 5.74) is 2.25. The van der Waals surface area contributed by atoms with Gasteiger partial charge in [-0.2, -0.15) is 0 Å². The maximum absolute atomic E-state index is 12.8. The van der Waals surface area contributed by atoms with E-state index in [0.29, 0.717) is 24.0 Å². The largest absolute Gasteiger partial charge is 0.352 e. The monoisotopic (exact) mass is 294 g/mol. The van der Waals surface area contributed by atoms with E-state index < -0.39 is 0 Å². The molecule has 3 nitrogen and oxygen atoms in total. The number of carbonyl (C=O) groups excluding carboxylic acids is 1. The molecule has 22 heavy (non-hydrogen) atoms. The third-order valence-corrected chi connectivity index (χ3v) is 3.49. The number of nitrogens with one attached hydrogen (secondary N) is 1. The Labute approximate surface area is 127 Å². The zero-order valence-electron chi connectivity index (χ0n) is 11.9. The van der Waals surface area contributed by atoms with Crippen LogP contribution in [-0.2, 0) is 6.42 Å². The molecule has 1 amide bonds. The van der Waals surface area contributed by atoms with E-state index in [1.165, 1.54) is 12.1 Å². The lowest BCUT2D eigenvalue weighted by molar-refractivity contribution is 0.0955. The number of carbonyl (C=O) groups is 1. The molecule has 0 saturated carbocycles. The number of rotatable bonds is 4. The average Bonchev–Trinajstić information content (AvgIpc) is 2.56. The van der Waals surface area contributed by atoms with Gasteiger partial charge in [0.1, 0.15) is 5.82 Å². The van der Waals surface area contributed by atoms with Crippen molar-refractivity contribution in [2.75, 3.05) is 6.54 Å². The number of fused-ring (bicyclic) bond motifs is 1. The maximum atomic E-state index is 12.8. The Balaban J connectivity index is 1.67. The molecule has 0 bridgehead atoms. The van der Waals surface area contributed by atoms with Gasteiger partial charge in [0.2, 0.25) is 0 Å². The standard InChI is InChI=1S/C18H15FN2O/c19-15-8-6-13(7-9-15)10-12-21-18(22)16-5-1-3-14-4-2-11-20-17(14)16/h1-9,11H,10,12H2,(H,21,22). The Morgan fingerprint density at radius 1 is 1.05 bits per heavy atom. The second-order valence-corrected chi connectivity index (χ2v) is 5.01. The van der Waals surface area contributed by atoms with Crippen molar-refractivity contribution < 1.29 is 9.18 Å². The van der Waals surface area contributed by atoms with Crippen molar-refractivity contribution in [1.29, 1.82) is 0 Å². The van der Waals surface area contributed by atoms with E-state index in [9.17, 15) is 9.18 Å². The van der Waals surface area contributed by atoms with Gasteiger partial charge < -0.3 is 5.32 Å². The lowest BCUT2D eigenvalue weighted by Crippen LogP contribution is -2.26. The lowest BCUT2D eigenvalue weighted by atomic mass is 10.1. The fourth-order valence-corrected chi connectivity index (χ4v) is 2.35. The third kappa shape index (κ3) is 3.11. The fraction of sp³-hybridized carbons (Fsp3) is 0.111. The highest BCUT2D eigenvalue weighted by atomic mass is 19.1. The van der Waals surface area contributed by atoms with E-state index in [2.05, 4.69) is 10.3 Å². The minimum absolute atomic E-state index is 0.147. The van der Waals surface area contributed by atoms with Crippen molar-refractivity contribution in [2.45, 2.75) is 6.42 Å². The number of hydrogen-bond donors (Lipinski definition) is 1. The summed E-state index contributed by atoms with van der Waals surface area (Å²) < 4.78 is 12.8. The minimum atomic E-state index is -0.255. The highest BCUT2D eigenvalue weighted by molar-refractivity contribution is 6.05. The van der Waals surface area contributed by atoms with Crippen LogP contribution < -0.4 is 5.32 Å².